The van der Waals surface area contributed by atoms with Gasteiger partial charge in [-0.3, -0.25) is 4.79 Å². The number of carbonyl (C=O) groups excluding carboxylic acids is 1. The summed E-state index contributed by atoms with van der Waals surface area (Å²) in [5.74, 6) is -0.899. The number of alkyl halides is 3. The highest BCUT2D eigenvalue weighted by Crippen LogP contribution is 2.32. The minimum absolute atomic E-state index is 0.167. The molecule has 2 aromatic rings. The van der Waals surface area contributed by atoms with E-state index >= 15 is 0 Å². The van der Waals surface area contributed by atoms with Gasteiger partial charge in [-0.05, 0) is 36.2 Å². The molecule has 0 N–H and O–H groups in total. The van der Waals surface area contributed by atoms with Gasteiger partial charge in [0.15, 0.2) is 15.9 Å². The highest BCUT2D eigenvalue weighted by Gasteiger charge is 2.39. The number of fused-ring (bicyclic) bond motifs is 1. The summed E-state index contributed by atoms with van der Waals surface area (Å²) in [5.41, 5.74) is 1.65. The molecule has 1 atom stereocenters. The van der Waals surface area contributed by atoms with Gasteiger partial charge in [-0.1, -0.05) is 24.3 Å². The van der Waals surface area contributed by atoms with Crippen LogP contribution in [-0.2, 0) is 22.9 Å². The molecule has 0 spiro atoms. The van der Waals surface area contributed by atoms with E-state index in [1.165, 1.54) is 4.90 Å². The zero-order valence-electron chi connectivity index (χ0n) is 15.2. The molecule has 1 unspecified atom stereocenters. The number of rotatable bonds is 4. The van der Waals surface area contributed by atoms with Crippen LogP contribution in [0.15, 0.2) is 47.4 Å². The van der Waals surface area contributed by atoms with Crippen molar-refractivity contribution in [2.45, 2.75) is 37.2 Å². The highest BCUT2D eigenvalue weighted by molar-refractivity contribution is 7.90. The number of ether oxygens (including phenoxy) is 1. The maximum absolute atomic E-state index is 13.0. The molecular weight excluding hydrogens is 395 g/mol. The van der Waals surface area contributed by atoms with Gasteiger partial charge in [-0.2, -0.15) is 13.2 Å². The quantitative estimate of drug-likeness (QED) is 0.769. The second kappa shape index (κ2) is 7.12. The second-order valence-electron chi connectivity index (χ2n) is 6.66. The SMILES string of the molecule is CC(Oc1ccc(S(C)(=O)=O)cc1C(=O)N1Cc2ccccc2C1)C(F)(F)F. The molecule has 0 radical (unpaired) electrons. The highest BCUT2D eigenvalue weighted by atomic mass is 32.2. The lowest BCUT2D eigenvalue weighted by Crippen LogP contribution is -2.32. The zero-order valence-corrected chi connectivity index (χ0v) is 16.0. The van der Waals surface area contributed by atoms with Crippen LogP contribution in [0.2, 0.25) is 0 Å². The van der Waals surface area contributed by atoms with E-state index in [0.717, 1.165) is 42.5 Å². The van der Waals surface area contributed by atoms with Crippen LogP contribution in [0, 0.1) is 0 Å². The molecule has 28 heavy (non-hydrogen) atoms. The molecule has 150 valence electrons. The second-order valence-corrected chi connectivity index (χ2v) is 8.68. The van der Waals surface area contributed by atoms with E-state index in [0.29, 0.717) is 0 Å². The van der Waals surface area contributed by atoms with E-state index in [-0.39, 0.29) is 29.3 Å². The lowest BCUT2D eigenvalue weighted by molar-refractivity contribution is -0.189. The molecule has 3 rings (SSSR count). The van der Waals surface area contributed by atoms with Gasteiger partial charge in [0.1, 0.15) is 5.75 Å². The van der Waals surface area contributed by atoms with Gasteiger partial charge < -0.3 is 9.64 Å². The Hall–Kier alpha value is -2.55. The first-order chi connectivity index (χ1) is 13.0. The van der Waals surface area contributed by atoms with Crippen LogP contribution in [0.4, 0.5) is 13.2 Å². The van der Waals surface area contributed by atoms with Crippen molar-refractivity contribution in [1.82, 2.24) is 4.90 Å². The van der Waals surface area contributed by atoms with E-state index in [4.69, 9.17) is 4.74 Å². The summed E-state index contributed by atoms with van der Waals surface area (Å²) in [6, 6.07) is 10.7. The number of nitrogens with zero attached hydrogens (tertiary/aromatic N) is 1. The first-order valence-electron chi connectivity index (χ1n) is 8.40. The monoisotopic (exact) mass is 413 g/mol. The van der Waals surface area contributed by atoms with Crippen molar-refractivity contribution in [3.63, 3.8) is 0 Å². The van der Waals surface area contributed by atoms with Crippen molar-refractivity contribution < 1.29 is 31.1 Å². The standard InChI is InChI=1S/C19H18F3NO4S/c1-12(19(20,21)22)27-17-8-7-15(28(2,25)26)9-16(17)18(24)23-10-13-5-3-4-6-14(13)11-23/h3-9,12H,10-11H2,1-2H3. The number of carbonyl (C=O) groups is 1. The normalized spacial score (nSPS) is 15.2. The van der Waals surface area contributed by atoms with Crippen molar-refractivity contribution in [2.75, 3.05) is 6.26 Å². The summed E-state index contributed by atoms with van der Waals surface area (Å²) in [7, 11) is -3.66. The smallest absolute Gasteiger partial charge is 0.425 e. The molecule has 0 saturated carbocycles. The van der Waals surface area contributed by atoms with Crippen LogP contribution in [0.3, 0.4) is 0 Å². The van der Waals surface area contributed by atoms with Crippen LogP contribution in [-0.4, -0.2) is 37.8 Å². The molecule has 2 aromatic carbocycles. The lowest BCUT2D eigenvalue weighted by atomic mass is 10.1. The Morgan fingerprint density at radius 2 is 1.68 bits per heavy atom. The first-order valence-corrected chi connectivity index (χ1v) is 10.3. The third-order valence-corrected chi connectivity index (χ3v) is 5.61. The largest absolute Gasteiger partial charge is 0.480 e. The van der Waals surface area contributed by atoms with Gasteiger partial charge in [0.2, 0.25) is 0 Å². The topological polar surface area (TPSA) is 63.7 Å². The summed E-state index contributed by atoms with van der Waals surface area (Å²) >= 11 is 0. The lowest BCUT2D eigenvalue weighted by Gasteiger charge is -2.22. The number of benzene rings is 2. The Kier molecular flexibility index (Phi) is 5.14. The third-order valence-electron chi connectivity index (χ3n) is 4.50. The van der Waals surface area contributed by atoms with E-state index in [1.807, 2.05) is 24.3 Å². The number of hydrogen-bond donors (Lipinski definition) is 0. The van der Waals surface area contributed by atoms with Crippen molar-refractivity contribution >= 4 is 15.7 Å². The van der Waals surface area contributed by atoms with Crippen LogP contribution >= 0.6 is 0 Å². The Morgan fingerprint density at radius 1 is 1.11 bits per heavy atom. The van der Waals surface area contributed by atoms with Crippen molar-refractivity contribution in [2.24, 2.45) is 0 Å². The molecule has 5 nitrogen and oxygen atoms in total. The number of sulfone groups is 1. The summed E-state index contributed by atoms with van der Waals surface area (Å²) in [6.07, 6.45) is -5.82. The average Bonchev–Trinajstić information content (AvgIpc) is 3.03. The Morgan fingerprint density at radius 3 is 2.18 bits per heavy atom. The number of halogens is 3. The Labute approximate surface area is 160 Å². The van der Waals surface area contributed by atoms with Gasteiger partial charge in [0.25, 0.3) is 5.91 Å². The van der Waals surface area contributed by atoms with Crippen molar-refractivity contribution in [3.8, 4) is 5.75 Å². The predicted molar refractivity (Wildman–Crippen MR) is 95.7 cm³/mol. The summed E-state index contributed by atoms with van der Waals surface area (Å²) in [6.45, 7) is 1.39. The van der Waals surface area contributed by atoms with Crippen LogP contribution in [0.1, 0.15) is 28.4 Å². The van der Waals surface area contributed by atoms with Crippen LogP contribution in [0.5, 0.6) is 5.75 Å². The van der Waals surface area contributed by atoms with Crippen molar-refractivity contribution in [1.29, 1.82) is 0 Å². The molecule has 0 aromatic heterocycles. The fourth-order valence-electron chi connectivity index (χ4n) is 2.91. The van der Waals surface area contributed by atoms with Crippen LogP contribution in [0.25, 0.3) is 0 Å². The van der Waals surface area contributed by atoms with Gasteiger partial charge in [0.05, 0.1) is 10.5 Å². The third kappa shape index (κ3) is 4.14. The van der Waals surface area contributed by atoms with Crippen molar-refractivity contribution in [3.05, 3.63) is 59.2 Å². The van der Waals surface area contributed by atoms with E-state index in [2.05, 4.69) is 0 Å². The maximum atomic E-state index is 13.0. The molecule has 0 fully saturated rings. The van der Waals surface area contributed by atoms with Gasteiger partial charge in [0, 0.05) is 19.3 Å². The number of hydrogen-bond acceptors (Lipinski definition) is 4. The molecule has 0 bridgehead atoms. The minimum atomic E-state index is -4.63. The molecule has 1 heterocycles. The minimum Gasteiger partial charge on any atom is -0.480 e. The van der Waals surface area contributed by atoms with E-state index < -0.39 is 28.0 Å². The Balaban J connectivity index is 1.98. The molecule has 1 amide bonds. The Bertz CT molecular complexity index is 993. The maximum Gasteiger partial charge on any atom is 0.425 e. The molecule has 0 aliphatic carbocycles. The predicted octanol–water partition coefficient (Wildman–Crippen LogP) is 3.58. The van der Waals surface area contributed by atoms with Crippen LogP contribution < -0.4 is 4.74 Å². The molecule has 0 saturated heterocycles. The molecular formula is C19H18F3NO4S. The summed E-state index contributed by atoms with van der Waals surface area (Å²) < 4.78 is 67.4. The number of amides is 1. The molecule has 1 aliphatic heterocycles. The zero-order chi connectivity index (χ0) is 20.7. The van der Waals surface area contributed by atoms with Gasteiger partial charge in [-0.15, -0.1) is 0 Å². The fraction of sp³-hybridized carbons (Fsp3) is 0.316. The first kappa shape index (κ1) is 20.2. The molecule has 1 aliphatic rings. The fourth-order valence-corrected chi connectivity index (χ4v) is 3.56. The van der Waals surface area contributed by atoms with Gasteiger partial charge >= 0.3 is 6.18 Å². The molecule has 9 heteroatoms. The summed E-state index contributed by atoms with van der Waals surface area (Å²) in [5, 5.41) is 0. The van der Waals surface area contributed by atoms with E-state index in [1.54, 1.807) is 0 Å². The van der Waals surface area contributed by atoms with E-state index in [9.17, 15) is 26.4 Å². The summed E-state index contributed by atoms with van der Waals surface area (Å²) in [4.78, 5) is 14.3. The average molecular weight is 413 g/mol. The van der Waals surface area contributed by atoms with Gasteiger partial charge in [-0.25, -0.2) is 8.42 Å².